The van der Waals surface area contributed by atoms with Crippen LogP contribution in [0.25, 0.3) is 0 Å². The maximum atomic E-state index is 13.0. The summed E-state index contributed by atoms with van der Waals surface area (Å²) in [5.74, 6) is -0.103. The summed E-state index contributed by atoms with van der Waals surface area (Å²) in [5, 5.41) is 13.8. The molecule has 154 valence electrons. The first-order chi connectivity index (χ1) is 13.1. The molecule has 1 aromatic rings. The number of carbonyl (C=O) groups excluding carboxylic acids is 2. The molecule has 0 bridgehead atoms. The summed E-state index contributed by atoms with van der Waals surface area (Å²) in [7, 11) is 1.79. The maximum Gasteiger partial charge on any atom is 0.288 e. The highest BCUT2D eigenvalue weighted by atomic mass is 35.5. The van der Waals surface area contributed by atoms with Gasteiger partial charge < -0.3 is 10.2 Å². The Kier molecular flexibility index (Phi) is 7.41. The van der Waals surface area contributed by atoms with Crippen molar-refractivity contribution < 1.29 is 14.5 Å². The fourth-order valence-corrected chi connectivity index (χ4v) is 3.75. The zero-order valence-electron chi connectivity index (χ0n) is 16.8. The van der Waals surface area contributed by atoms with Crippen molar-refractivity contribution in [1.29, 1.82) is 0 Å². The van der Waals surface area contributed by atoms with Gasteiger partial charge in [-0.1, -0.05) is 32.4 Å². The van der Waals surface area contributed by atoms with Crippen molar-refractivity contribution in [2.75, 3.05) is 7.05 Å². The van der Waals surface area contributed by atoms with E-state index in [9.17, 15) is 19.7 Å². The number of hydrogen-bond acceptors (Lipinski definition) is 4. The van der Waals surface area contributed by atoms with Gasteiger partial charge in [-0.05, 0) is 49.7 Å². The standard InChI is InChI=1S/C20H28ClN3O4/c1-12(2)18(20(26)23(4)15-8-5-13(3)6-9-15)22-19(25)14-7-10-16(21)17(11-14)24(27)28/h7,10-13,15,18H,5-6,8-9H2,1-4H3,(H,22,25). The van der Waals surface area contributed by atoms with E-state index in [2.05, 4.69) is 12.2 Å². The largest absolute Gasteiger partial charge is 0.341 e. The van der Waals surface area contributed by atoms with Gasteiger partial charge in [-0.15, -0.1) is 0 Å². The summed E-state index contributed by atoms with van der Waals surface area (Å²) >= 11 is 5.81. The van der Waals surface area contributed by atoms with Gasteiger partial charge in [-0.25, -0.2) is 0 Å². The first kappa shape index (κ1) is 22.1. The maximum absolute atomic E-state index is 13.0. The zero-order valence-corrected chi connectivity index (χ0v) is 17.5. The molecule has 2 amide bonds. The number of nitrogens with zero attached hydrogens (tertiary/aromatic N) is 2. The first-order valence-electron chi connectivity index (χ1n) is 9.63. The molecule has 7 nitrogen and oxygen atoms in total. The van der Waals surface area contributed by atoms with Crippen LogP contribution in [-0.2, 0) is 4.79 Å². The minimum atomic E-state index is -0.702. The lowest BCUT2D eigenvalue weighted by molar-refractivity contribution is -0.384. The van der Waals surface area contributed by atoms with Crippen LogP contribution in [0.1, 0.15) is 56.8 Å². The SMILES string of the molecule is CC1CCC(N(C)C(=O)C(NC(=O)c2ccc(Cl)c([N+](=O)[O-])c2)C(C)C)CC1. The van der Waals surface area contributed by atoms with Crippen molar-refractivity contribution in [3.05, 3.63) is 38.9 Å². The minimum Gasteiger partial charge on any atom is -0.341 e. The smallest absolute Gasteiger partial charge is 0.288 e. The van der Waals surface area contributed by atoms with E-state index in [1.807, 2.05) is 13.8 Å². The van der Waals surface area contributed by atoms with Gasteiger partial charge in [0, 0.05) is 24.7 Å². The molecule has 28 heavy (non-hydrogen) atoms. The van der Waals surface area contributed by atoms with Gasteiger partial charge in [-0.3, -0.25) is 19.7 Å². The van der Waals surface area contributed by atoms with Crippen molar-refractivity contribution in [2.24, 2.45) is 11.8 Å². The molecule has 1 fully saturated rings. The van der Waals surface area contributed by atoms with E-state index >= 15 is 0 Å². The second-order valence-corrected chi connectivity index (χ2v) is 8.39. The number of nitrogens with one attached hydrogen (secondary N) is 1. The first-order valence-corrected chi connectivity index (χ1v) is 10.0. The number of nitro groups is 1. The predicted molar refractivity (Wildman–Crippen MR) is 108 cm³/mol. The average Bonchev–Trinajstić information content (AvgIpc) is 2.65. The van der Waals surface area contributed by atoms with Gasteiger partial charge in [0.2, 0.25) is 5.91 Å². The predicted octanol–water partition coefficient (Wildman–Crippen LogP) is 4.04. The fourth-order valence-electron chi connectivity index (χ4n) is 3.56. The molecule has 0 aliphatic heterocycles. The number of amides is 2. The number of halogens is 1. The van der Waals surface area contributed by atoms with E-state index in [4.69, 9.17) is 11.6 Å². The van der Waals surface area contributed by atoms with E-state index in [-0.39, 0.29) is 34.1 Å². The number of hydrogen-bond donors (Lipinski definition) is 1. The molecule has 1 unspecified atom stereocenters. The Morgan fingerprint density at radius 2 is 1.86 bits per heavy atom. The molecule has 1 aliphatic carbocycles. The normalized spacial score (nSPS) is 20.5. The van der Waals surface area contributed by atoms with Crippen LogP contribution >= 0.6 is 11.6 Å². The molecule has 1 N–H and O–H groups in total. The highest BCUT2D eigenvalue weighted by Crippen LogP contribution is 2.28. The van der Waals surface area contributed by atoms with Crippen LogP contribution < -0.4 is 5.32 Å². The summed E-state index contributed by atoms with van der Waals surface area (Å²) in [6.45, 7) is 5.95. The van der Waals surface area contributed by atoms with Crippen LogP contribution in [0.3, 0.4) is 0 Å². The molecular weight excluding hydrogens is 382 g/mol. The molecule has 0 spiro atoms. The van der Waals surface area contributed by atoms with Crippen molar-refractivity contribution in [3.8, 4) is 0 Å². The third-order valence-corrected chi connectivity index (χ3v) is 5.82. The summed E-state index contributed by atoms with van der Waals surface area (Å²) in [6.07, 6.45) is 4.11. The molecule has 1 aromatic carbocycles. The summed E-state index contributed by atoms with van der Waals surface area (Å²) in [6, 6.07) is 3.34. The molecular formula is C20H28ClN3O4. The van der Waals surface area contributed by atoms with E-state index in [0.717, 1.165) is 31.7 Å². The number of carbonyl (C=O) groups is 2. The van der Waals surface area contributed by atoms with E-state index < -0.39 is 16.9 Å². The number of likely N-dealkylation sites (N-methyl/N-ethyl adjacent to an activating group) is 1. The Hall–Kier alpha value is -2.15. The average molecular weight is 410 g/mol. The quantitative estimate of drug-likeness (QED) is 0.566. The molecule has 8 heteroatoms. The van der Waals surface area contributed by atoms with Crippen LogP contribution in [-0.4, -0.2) is 40.8 Å². The summed E-state index contributed by atoms with van der Waals surface area (Å²) < 4.78 is 0. The topological polar surface area (TPSA) is 92.6 Å². The molecule has 0 radical (unpaired) electrons. The van der Waals surface area contributed by atoms with Crippen molar-refractivity contribution in [2.45, 2.75) is 58.5 Å². The monoisotopic (exact) mass is 409 g/mol. The second-order valence-electron chi connectivity index (χ2n) is 7.98. The minimum absolute atomic E-state index is 0.0377. The van der Waals surface area contributed by atoms with Gasteiger partial charge in [-0.2, -0.15) is 0 Å². The Morgan fingerprint density at radius 1 is 1.25 bits per heavy atom. The zero-order chi connectivity index (χ0) is 21.0. The summed E-state index contributed by atoms with van der Waals surface area (Å²) in [4.78, 5) is 37.9. The van der Waals surface area contributed by atoms with Gasteiger partial charge in [0.05, 0.1) is 4.92 Å². The van der Waals surface area contributed by atoms with Crippen LogP contribution in [0.5, 0.6) is 0 Å². The van der Waals surface area contributed by atoms with Gasteiger partial charge in [0.15, 0.2) is 0 Å². The third-order valence-electron chi connectivity index (χ3n) is 5.51. The Bertz CT molecular complexity index is 745. The lowest BCUT2D eigenvalue weighted by atomic mass is 9.86. The van der Waals surface area contributed by atoms with Crippen LogP contribution in [0.2, 0.25) is 5.02 Å². The highest BCUT2D eigenvalue weighted by Gasteiger charge is 2.32. The van der Waals surface area contributed by atoms with Crippen molar-refractivity contribution in [3.63, 3.8) is 0 Å². The number of nitro benzene ring substituents is 1. The lowest BCUT2D eigenvalue weighted by Gasteiger charge is -2.36. The van der Waals surface area contributed by atoms with E-state index in [1.54, 1.807) is 11.9 Å². The Balaban J connectivity index is 2.13. The van der Waals surface area contributed by atoms with Crippen LogP contribution in [0.15, 0.2) is 18.2 Å². The number of rotatable bonds is 6. The summed E-state index contributed by atoms with van der Waals surface area (Å²) in [5.41, 5.74) is -0.237. The Labute approximate surface area is 170 Å². The van der Waals surface area contributed by atoms with Crippen molar-refractivity contribution >= 4 is 29.1 Å². The Morgan fingerprint density at radius 3 is 2.39 bits per heavy atom. The molecule has 2 rings (SSSR count). The van der Waals surface area contributed by atoms with E-state index in [1.165, 1.54) is 12.1 Å². The third kappa shape index (κ3) is 5.22. The van der Waals surface area contributed by atoms with Crippen molar-refractivity contribution in [1.82, 2.24) is 10.2 Å². The lowest BCUT2D eigenvalue weighted by Crippen LogP contribution is -2.53. The second kappa shape index (κ2) is 9.37. The molecule has 0 aromatic heterocycles. The molecule has 0 saturated heterocycles. The van der Waals surface area contributed by atoms with Gasteiger partial charge in [0.1, 0.15) is 11.1 Å². The van der Waals surface area contributed by atoms with Crippen LogP contribution in [0.4, 0.5) is 5.69 Å². The fraction of sp³-hybridized carbons (Fsp3) is 0.600. The highest BCUT2D eigenvalue weighted by molar-refractivity contribution is 6.32. The van der Waals surface area contributed by atoms with Gasteiger partial charge >= 0.3 is 0 Å². The molecule has 0 heterocycles. The number of benzene rings is 1. The molecule has 1 atom stereocenters. The molecule has 1 aliphatic rings. The van der Waals surface area contributed by atoms with E-state index in [0.29, 0.717) is 5.92 Å². The molecule has 1 saturated carbocycles. The van der Waals surface area contributed by atoms with Gasteiger partial charge in [0.25, 0.3) is 11.6 Å². The van der Waals surface area contributed by atoms with Crippen LogP contribution in [0, 0.1) is 22.0 Å².